The van der Waals surface area contributed by atoms with Crippen LogP contribution in [0, 0.1) is 5.82 Å². The number of hydrogen-bond acceptors (Lipinski definition) is 6. The van der Waals surface area contributed by atoms with Gasteiger partial charge in [-0.3, -0.25) is 14.7 Å². The predicted molar refractivity (Wildman–Crippen MR) is 139 cm³/mol. The molecule has 0 radical (unpaired) electrons. The number of thioether (sulfide) groups is 1. The molecule has 7 nitrogen and oxygen atoms in total. The molecule has 0 atom stereocenters. The zero-order valence-corrected chi connectivity index (χ0v) is 20.7. The van der Waals surface area contributed by atoms with Gasteiger partial charge in [0.05, 0.1) is 37.0 Å². The Morgan fingerprint density at radius 2 is 1.89 bits per heavy atom. The van der Waals surface area contributed by atoms with Crippen LogP contribution in [0.3, 0.4) is 0 Å². The van der Waals surface area contributed by atoms with Crippen molar-refractivity contribution >= 4 is 28.7 Å². The van der Waals surface area contributed by atoms with Crippen LogP contribution >= 0.6 is 11.8 Å². The first-order chi connectivity index (χ1) is 17.7. The molecule has 0 aliphatic carbocycles. The fourth-order valence-corrected chi connectivity index (χ4v) is 5.13. The molecule has 1 N–H and O–H groups in total. The molecule has 2 aromatic carbocycles. The van der Waals surface area contributed by atoms with Crippen LogP contribution < -0.4 is 5.32 Å². The summed E-state index contributed by atoms with van der Waals surface area (Å²) in [5, 5.41) is 3.79. The van der Waals surface area contributed by atoms with Gasteiger partial charge >= 0.3 is 0 Å². The maximum Gasteiger partial charge on any atom is 0.251 e. The quantitative estimate of drug-likeness (QED) is 0.347. The van der Waals surface area contributed by atoms with Crippen LogP contribution in [0.1, 0.15) is 21.5 Å². The summed E-state index contributed by atoms with van der Waals surface area (Å²) in [5.41, 5.74) is 4.02. The minimum Gasteiger partial charge on any atom is -0.379 e. The molecule has 0 unspecified atom stereocenters. The highest BCUT2D eigenvalue weighted by atomic mass is 32.2. The molecule has 1 saturated heterocycles. The predicted octanol–water partition coefficient (Wildman–Crippen LogP) is 3.97. The second-order valence-corrected chi connectivity index (χ2v) is 9.57. The number of benzene rings is 2. The number of aromatic nitrogens is 3. The second-order valence-electron chi connectivity index (χ2n) is 8.63. The maximum atomic E-state index is 14.3. The lowest BCUT2D eigenvalue weighted by Crippen LogP contribution is -2.41. The summed E-state index contributed by atoms with van der Waals surface area (Å²) >= 11 is 1.58. The molecular weight excluding hydrogens is 477 g/mol. The van der Waals surface area contributed by atoms with Gasteiger partial charge in [-0.1, -0.05) is 42.1 Å². The average Bonchev–Trinajstić information content (AvgIpc) is 3.27. The number of fused-ring (bicyclic) bond motifs is 1. The van der Waals surface area contributed by atoms with Crippen molar-refractivity contribution in [3.05, 3.63) is 89.5 Å². The topological polar surface area (TPSA) is 72.3 Å². The van der Waals surface area contributed by atoms with Crippen LogP contribution in [0.4, 0.5) is 4.39 Å². The summed E-state index contributed by atoms with van der Waals surface area (Å²) in [7, 11) is 0. The molecule has 2 aromatic heterocycles. The van der Waals surface area contributed by atoms with E-state index in [4.69, 9.17) is 9.72 Å². The van der Waals surface area contributed by atoms with Crippen molar-refractivity contribution in [2.75, 3.05) is 39.4 Å². The summed E-state index contributed by atoms with van der Waals surface area (Å²) in [4.78, 5) is 23.8. The van der Waals surface area contributed by atoms with Crippen LogP contribution in [-0.4, -0.2) is 64.7 Å². The molecule has 1 amide bonds. The van der Waals surface area contributed by atoms with Gasteiger partial charge in [0.15, 0.2) is 5.16 Å². The number of hydrogen-bond donors (Lipinski definition) is 1. The van der Waals surface area contributed by atoms with Gasteiger partial charge in [-0.05, 0) is 29.8 Å². The number of nitrogens with zero attached hydrogens (tertiary/aromatic N) is 4. The van der Waals surface area contributed by atoms with Gasteiger partial charge in [0.2, 0.25) is 0 Å². The van der Waals surface area contributed by atoms with Gasteiger partial charge in [0, 0.05) is 49.3 Å². The Morgan fingerprint density at radius 3 is 2.69 bits per heavy atom. The van der Waals surface area contributed by atoms with Gasteiger partial charge in [0.25, 0.3) is 5.91 Å². The third-order valence-electron chi connectivity index (χ3n) is 6.20. The highest BCUT2D eigenvalue weighted by Crippen LogP contribution is 2.28. The Kier molecular flexibility index (Phi) is 7.90. The Labute approximate surface area is 213 Å². The number of imidazole rings is 1. The van der Waals surface area contributed by atoms with E-state index in [9.17, 15) is 9.18 Å². The standard InChI is InChI=1S/C27H28FN5O2S/c28-23-4-2-1-3-22(23)18-33-25-17-29-10-9-24(25)31-27(33)36-19-20-5-7-21(8-6-20)26(34)30-11-12-32-13-15-35-16-14-32/h1-10,17H,11-16,18-19H2,(H,30,34). The highest BCUT2D eigenvalue weighted by molar-refractivity contribution is 7.98. The molecule has 9 heteroatoms. The van der Waals surface area contributed by atoms with Gasteiger partial charge < -0.3 is 14.6 Å². The lowest BCUT2D eigenvalue weighted by atomic mass is 10.1. The number of halogens is 1. The average molecular weight is 506 g/mol. The number of morpholine rings is 1. The first-order valence-electron chi connectivity index (χ1n) is 12.0. The zero-order valence-electron chi connectivity index (χ0n) is 19.9. The van der Waals surface area contributed by atoms with Crippen LogP contribution in [0.2, 0.25) is 0 Å². The molecule has 36 heavy (non-hydrogen) atoms. The van der Waals surface area contributed by atoms with Crippen molar-refractivity contribution in [1.29, 1.82) is 0 Å². The summed E-state index contributed by atoms with van der Waals surface area (Å²) in [6.45, 7) is 5.14. The van der Waals surface area contributed by atoms with Crippen molar-refractivity contribution in [3.8, 4) is 0 Å². The van der Waals surface area contributed by atoms with E-state index < -0.39 is 0 Å². The van der Waals surface area contributed by atoms with Gasteiger partial charge in [-0.25, -0.2) is 9.37 Å². The molecule has 0 bridgehead atoms. The molecule has 1 aliphatic rings. The number of pyridine rings is 1. The van der Waals surface area contributed by atoms with E-state index in [1.165, 1.54) is 6.07 Å². The van der Waals surface area contributed by atoms with Crippen molar-refractivity contribution in [3.63, 3.8) is 0 Å². The van der Waals surface area contributed by atoms with E-state index in [0.29, 0.717) is 30.0 Å². The lowest BCUT2D eigenvalue weighted by molar-refractivity contribution is 0.0383. The number of carbonyl (C=O) groups excluding carboxylic acids is 1. The first kappa shape index (κ1) is 24.4. The minimum atomic E-state index is -0.238. The summed E-state index contributed by atoms with van der Waals surface area (Å²) in [5.74, 6) is 0.368. The van der Waals surface area contributed by atoms with Crippen molar-refractivity contribution in [2.24, 2.45) is 0 Å². The van der Waals surface area contributed by atoms with Crippen LogP contribution in [0.15, 0.2) is 72.1 Å². The van der Waals surface area contributed by atoms with Crippen molar-refractivity contribution in [2.45, 2.75) is 17.5 Å². The monoisotopic (exact) mass is 505 g/mol. The number of nitrogens with one attached hydrogen (secondary N) is 1. The van der Waals surface area contributed by atoms with E-state index in [2.05, 4.69) is 15.2 Å². The maximum absolute atomic E-state index is 14.3. The Morgan fingerprint density at radius 1 is 1.08 bits per heavy atom. The molecule has 5 rings (SSSR count). The number of carbonyl (C=O) groups is 1. The number of amides is 1. The SMILES string of the molecule is O=C(NCCN1CCOCC1)c1ccc(CSc2nc3ccncc3n2Cc2ccccc2F)cc1. The highest BCUT2D eigenvalue weighted by Gasteiger charge is 2.15. The van der Waals surface area contributed by atoms with E-state index in [-0.39, 0.29) is 11.7 Å². The Bertz CT molecular complexity index is 1320. The molecule has 0 saturated carbocycles. The number of ether oxygens (including phenoxy) is 1. The van der Waals surface area contributed by atoms with Gasteiger partial charge in [-0.2, -0.15) is 0 Å². The molecule has 1 fully saturated rings. The van der Waals surface area contributed by atoms with Crippen LogP contribution in [-0.2, 0) is 17.0 Å². The zero-order chi connectivity index (χ0) is 24.7. The van der Waals surface area contributed by atoms with Gasteiger partial charge in [0.1, 0.15) is 5.82 Å². The largest absolute Gasteiger partial charge is 0.379 e. The fourth-order valence-electron chi connectivity index (χ4n) is 4.16. The normalized spacial score (nSPS) is 14.2. The minimum absolute atomic E-state index is 0.0679. The smallest absolute Gasteiger partial charge is 0.251 e. The van der Waals surface area contributed by atoms with E-state index in [1.807, 2.05) is 41.0 Å². The van der Waals surface area contributed by atoms with Crippen LogP contribution in [0.25, 0.3) is 11.0 Å². The van der Waals surface area contributed by atoms with Crippen molar-refractivity contribution in [1.82, 2.24) is 24.8 Å². The first-order valence-corrected chi connectivity index (χ1v) is 13.0. The molecule has 4 aromatic rings. The Balaban J connectivity index is 1.21. The lowest BCUT2D eigenvalue weighted by Gasteiger charge is -2.26. The van der Waals surface area contributed by atoms with E-state index >= 15 is 0 Å². The summed E-state index contributed by atoms with van der Waals surface area (Å²) < 4.78 is 21.7. The molecule has 0 spiro atoms. The number of rotatable bonds is 9. The third-order valence-corrected chi connectivity index (χ3v) is 7.25. The van der Waals surface area contributed by atoms with E-state index in [0.717, 1.165) is 54.6 Å². The molecule has 186 valence electrons. The molecular formula is C27H28FN5O2S. The fraction of sp³-hybridized carbons (Fsp3) is 0.296. The van der Waals surface area contributed by atoms with Crippen LogP contribution in [0.5, 0.6) is 0 Å². The molecule has 3 heterocycles. The summed E-state index contributed by atoms with van der Waals surface area (Å²) in [6.07, 6.45) is 3.47. The van der Waals surface area contributed by atoms with Gasteiger partial charge in [-0.15, -0.1) is 0 Å². The molecule has 1 aliphatic heterocycles. The Hall–Kier alpha value is -3.27. The summed E-state index contributed by atoms with van der Waals surface area (Å²) in [6, 6.07) is 16.3. The third kappa shape index (κ3) is 5.92. The second kappa shape index (κ2) is 11.6. The van der Waals surface area contributed by atoms with Crippen molar-refractivity contribution < 1.29 is 13.9 Å². The van der Waals surface area contributed by atoms with E-state index in [1.54, 1.807) is 36.3 Å².